The van der Waals surface area contributed by atoms with Gasteiger partial charge < -0.3 is 4.42 Å². The van der Waals surface area contributed by atoms with Crippen LogP contribution in [0.4, 0.5) is 0 Å². The first-order chi connectivity index (χ1) is 13.1. The predicted molar refractivity (Wildman–Crippen MR) is 114 cm³/mol. The second-order valence-electron chi connectivity index (χ2n) is 8.20. The van der Waals surface area contributed by atoms with E-state index in [1.54, 1.807) is 0 Å². The number of nitrogens with zero attached hydrogens (tertiary/aromatic N) is 2. The Morgan fingerprint density at radius 3 is 2.18 bits per heavy atom. The van der Waals surface area contributed by atoms with E-state index in [1.807, 2.05) is 57.2 Å². The number of hydrogen-bond acceptors (Lipinski definition) is 5. The number of benzene rings is 2. The van der Waals surface area contributed by atoms with Gasteiger partial charge >= 0.3 is 0 Å². The lowest BCUT2D eigenvalue weighted by Crippen LogP contribution is -2.15. The maximum absolute atomic E-state index is 12.8. The summed E-state index contributed by atoms with van der Waals surface area (Å²) in [5.41, 5.74) is 5.15. The van der Waals surface area contributed by atoms with Gasteiger partial charge in [-0.1, -0.05) is 74.0 Å². The van der Waals surface area contributed by atoms with Crippen molar-refractivity contribution in [3.05, 3.63) is 64.7 Å². The van der Waals surface area contributed by atoms with E-state index in [0.717, 1.165) is 16.7 Å². The van der Waals surface area contributed by atoms with E-state index >= 15 is 0 Å². The third-order valence-corrected chi connectivity index (χ3v) is 5.49. The number of carbonyl (C=O) groups excluding carboxylic acids is 1. The van der Waals surface area contributed by atoms with Gasteiger partial charge in [0.25, 0.3) is 5.22 Å². The van der Waals surface area contributed by atoms with Crippen molar-refractivity contribution in [2.45, 2.75) is 57.4 Å². The monoisotopic (exact) mass is 394 g/mol. The van der Waals surface area contributed by atoms with Gasteiger partial charge in [-0.05, 0) is 43.9 Å². The molecule has 0 aliphatic rings. The fraction of sp³-hybridized carbons (Fsp3) is 0.348. The second kappa shape index (κ2) is 7.92. The molecule has 0 unspecified atom stereocenters. The summed E-state index contributed by atoms with van der Waals surface area (Å²) < 4.78 is 5.79. The molecule has 0 saturated carbocycles. The molecule has 5 heteroatoms. The number of rotatable bonds is 5. The topological polar surface area (TPSA) is 56.0 Å². The Morgan fingerprint density at radius 2 is 1.61 bits per heavy atom. The van der Waals surface area contributed by atoms with Crippen LogP contribution in [-0.2, 0) is 5.41 Å². The highest BCUT2D eigenvalue weighted by Crippen LogP contribution is 2.29. The van der Waals surface area contributed by atoms with Crippen molar-refractivity contribution >= 4 is 17.5 Å². The summed E-state index contributed by atoms with van der Waals surface area (Å²) in [6.45, 7) is 12.4. The number of hydrogen-bond donors (Lipinski definition) is 0. The van der Waals surface area contributed by atoms with Gasteiger partial charge in [-0.25, -0.2) is 0 Å². The number of aromatic nitrogens is 2. The maximum atomic E-state index is 12.8. The van der Waals surface area contributed by atoms with Crippen LogP contribution in [0, 0.1) is 13.8 Å². The first kappa shape index (κ1) is 20.3. The summed E-state index contributed by atoms with van der Waals surface area (Å²) >= 11 is 1.29. The van der Waals surface area contributed by atoms with Crippen LogP contribution in [0.1, 0.15) is 54.7 Å². The highest BCUT2D eigenvalue weighted by molar-refractivity contribution is 8.00. The molecule has 0 amide bonds. The molecule has 3 rings (SSSR count). The van der Waals surface area contributed by atoms with Crippen molar-refractivity contribution in [1.82, 2.24) is 10.2 Å². The Balaban J connectivity index is 1.72. The summed E-state index contributed by atoms with van der Waals surface area (Å²) in [7, 11) is 0. The molecule has 4 nitrogen and oxygen atoms in total. The van der Waals surface area contributed by atoms with Crippen LogP contribution >= 0.6 is 11.8 Å². The van der Waals surface area contributed by atoms with Gasteiger partial charge in [0, 0.05) is 11.1 Å². The highest BCUT2D eigenvalue weighted by atomic mass is 32.2. The maximum Gasteiger partial charge on any atom is 0.277 e. The van der Waals surface area contributed by atoms with Gasteiger partial charge in [-0.2, -0.15) is 0 Å². The van der Waals surface area contributed by atoms with E-state index in [4.69, 9.17) is 4.42 Å². The molecule has 146 valence electrons. The number of Topliss-reactive ketones (excluding diaryl/α,β-unsaturated/α-hetero) is 1. The van der Waals surface area contributed by atoms with Crippen molar-refractivity contribution in [2.24, 2.45) is 0 Å². The molecule has 1 aromatic heterocycles. The zero-order valence-electron chi connectivity index (χ0n) is 17.2. The van der Waals surface area contributed by atoms with Crippen molar-refractivity contribution in [2.75, 3.05) is 0 Å². The summed E-state index contributed by atoms with van der Waals surface area (Å²) in [6.07, 6.45) is 0. The number of thioether (sulfide) groups is 1. The molecule has 0 N–H and O–H groups in total. The van der Waals surface area contributed by atoms with E-state index in [0.29, 0.717) is 16.7 Å². The van der Waals surface area contributed by atoms with Gasteiger partial charge in [0.05, 0.1) is 5.25 Å². The lowest BCUT2D eigenvalue weighted by Gasteiger charge is -2.19. The highest BCUT2D eigenvalue weighted by Gasteiger charge is 2.21. The minimum atomic E-state index is -0.312. The molecule has 0 saturated heterocycles. The van der Waals surface area contributed by atoms with Gasteiger partial charge in [-0.15, -0.1) is 10.2 Å². The lowest BCUT2D eigenvalue weighted by molar-refractivity contribution is 0.0993. The van der Waals surface area contributed by atoms with Crippen LogP contribution < -0.4 is 0 Å². The fourth-order valence-corrected chi connectivity index (χ4v) is 3.81. The van der Waals surface area contributed by atoms with Crippen LogP contribution in [0.3, 0.4) is 0 Å². The molecule has 0 bridgehead atoms. The van der Waals surface area contributed by atoms with Crippen LogP contribution in [0.25, 0.3) is 11.5 Å². The van der Waals surface area contributed by atoms with Gasteiger partial charge in [0.15, 0.2) is 5.78 Å². The molecule has 0 aliphatic carbocycles. The third-order valence-electron chi connectivity index (χ3n) is 4.56. The van der Waals surface area contributed by atoms with Crippen LogP contribution in [0.2, 0.25) is 0 Å². The third kappa shape index (κ3) is 4.71. The zero-order valence-corrected chi connectivity index (χ0v) is 18.1. The van der Waals surface area contributed by atoms with Crippen LogP contribution in [0.5, 0.6) is 0 Å². The molecule has 3 aromatic rings. The predicted octanol–water partition coefficient (Wildman–Crippen LogP) is 6.01. The zero-order chi connectivity index (χ0) is 20.5. The van der Waals surface area contributed by atoms with E-state index in [1.165, 1.54) is 17.3 Å². The van der Waals surface area contributed by atoms with E-state index in [-0.39, 0.29) is 16.4 Å². The van der Waals surface area contributed by atoms with E-state index in [9.17, 15) is 4.79 Å². The number of aryl methyl sites for hydroxylation is 2. The van der Waals surface area contributed by atoms with Crippen molar-refractivity contribution in [1.29, 1.82) is 0 Å². The molecule has 0 radical (unpaired) electrons. The molecule has 0 fully saturated rings. The van der Waals surface area contributed by atoms with Crippen molar-refractivity contribution in [3.8, 4) is 11.5 Å². The van der Waals surface area contributed by atoms with Crippen molar-refractivity contribution < 1.29 is 9.21 Å². The smallest absolute Gasteiger partial charge is 0.277 e. The van der Waals surface area contributed by atoms with Gasteiger partial charge in [0.2, 0.25) is 5.89 Å². The largest absolute Gasteiger partial charge is 0.411 e. The summed E-state index contributed by atoms with van der Waals surface area (Å²) in [6, 6.07) is 14.0. The quantitative estimate of drug-likeness (QED) is 0.391. The SMILES string of the molecule is Cc1cc(C)cc(-c2nnc(S[C@@H](C)C(=O)c3ccc(C(C)(C)C)cc3)o2)c1. The average molecular weight is 395 g/mol. The second-order valence-corrected chi connectivity index (χ2v) is 9.49. The molecule has 1 heterocycles. The van der Waals surface area contributed by atoms with E-state index in [2.05, 4.69) is 37.0 Å². The van der Waals surface area contributed by atoms with Gasteiger partial charge in [0.1, 0.15) is 0 Å². The summed E-state index contributed by atoms with van der Waals surface area (Å²) in [5, 5.41) is 8.34. The normalized spacial score (nSPS) is 12.8. The minimum absolute atomic E-state index is 0.0524. The first-order valence-electron chi connectivity index (χ1n) is 9.37. The van der Waals surface area contributed by atoms with Crippen LogP contribution in [0.15, 0.2) is 52.1 Å². The Hall–Kier alpha value is -2.40. The summed E-state index contributed by atoms with van der Waals surface area (Å²) in [4.78, 5) is 12.8. The summed E-state index contributed by atoms with van der Waals surface area (Å²) in [5.74, 6) is 0.528. The molecule has 28 heavy (non-hydrogen) atoms. The number of carbonyl (C=O) groups is 1. The Morgan fingerprint density at radius 1 is 1.00 bits per heavy atom. The molecule has 0 spiro atoms. The van der Waals surface area contributed by atoms with Gasteiger partial charge in [-0.3, -0.25) is 4.79 Å². The fourth-order valence-electron chi connectivity index (χ4n) is 3.05. The first-order valence-corrected chi connectivity index (χ1v) is 10.2. The average Bonchev–Trinajstić information content (AvgIpc) is 3.08. The molecular weight excluding hydrogens is 368 g/mol. The van der Waals surface area contributed by atoms with Crippen LogP contribution in [-0.4, -0.2) is 21.2 Å². The number of ketones is 1. The Labute approximate surface area is 170 Å². The van der Waals surface area contributed by atoms with E-state index < -0.39 is 0 Å². The molecule has 0 aliphatic heterocycles. The molecule has 1 atom stereocenters. The standard InChI is InChI=1S/C23H26N2O2S/c1-14-11-15(2)13-18(12-14)21-24-25-22(27-21)28-16(3)20(26)17-7-9-19(10-8-17)23(4,5)6/h7-13,16H,1-6H3/t16-/m0/s1. The molecular formula is C23H26N2O2S. The lowest BCUT2D eigenvalue weighted by atomic mass is 9.86. The Bertz CT molecular complexity index is 964. The van der Waals surface area contributed by atoms with Crippen molar-refractivity contribution in [3.63, 3.8) is 0 Å². The molecule has 2 aromatic carbocycles. The minimum Gasteiger partial charge on any atom is -0.411 e. The Kier molecular flexibility index (Phi) is 5.75.